The largest absolute Gasteiger partial charge is 0.497 e. The van der Waals surface area contributed by atoms with Gasteiger partial charge in [-0.25, -0.2) is 0 Å². The third kappa shape index (κ3) is 3.55. The summed E-state index contributed by atoms with van der Waals surface area (Å²) in [5, 5.41) is 0. The van der Waals surface area contributed by atoms with Crippen molar-refractivity contribution in [3.63, 3.8) is 0 Å². The highest BCUT2D eigenvalue weighted by molar-refractivity contribution is 7.98. The monoisotopic (exact) mass is 263 g/mol. The molecule has 0 aliphatic heterocycles. The number of methoxy groups -OCH3 is 1. The molecule has 96 valence electrons. The summed E-state index contributed by atoms with van der Waals surface area (Å²) < 4.78 is 10.4. The standard InChI is InChI=1S/C14H17NO2S/c1-16-12-6-4-11(5-7-12)14(15)10-18-9-13-3-2-8-17-13/h2-8,14H,9-10,15H2,1H3. The fourth-order valence-electron chi connectivity index (χ4n) is 1.63. The van der Waals surface area contributed by atoms with Crippen molar-refractivity contribution in [2.75, 3.05) is 12.9 Å². The Labute approximate surface area is 111 Å². The van der Waals surface area contributed by atoms with Gasteiger partial charge in [-0.2, -0.15) is 11.8 Å². The van der Waals surface area contributed by atoms with Crippen LogP contribution in [0.5, 0.6) is 5.75 Å². The smallest absolute Gasteiger partial charge is 0.118 e. The van der Waals surface area contributed by atoms with Crippen LogP contribution in [-0.2, 0) is 5.75 Å². The topological polar surface area (TPSA) is 48.4 Å². The molecule has 0 aliphatic rings. The van der Waals surface area contributed by atoms with Crippen molar-refractivity contribution >= 4 is 11.8 Å². The van der Waals surface area contributed by atoms with Gasteiger partial charge in [0.05, 0.1) is 19.1 Å². The number of benzene rings is 1. The zero-order valence-electron chi connectivity index (χ0n) is 10.3. The molecule has 2 aromatic rings. The first-order valence-corrected chi connectivity index (χ1v) is 6.94. The summed E-state index contributed by atoms with van der Waals surface area (Å²) in [4.78, 5) is 0. The molecule has 0 aliphatic carbocycles. The van der Waals surface area contributed by atoms with Crippen LogP contribution in [0.15, 0.2) is 47.1 Å². The van der Waals surface area contributed by atoms with E-state index in [9.17, 15) is 0 Å². The number of rotatable bonds is 6. The third-order valence-corrected chi connectivity index (χ3v) is 3.75. The van der Waals surface area contributed by atoms with Crippen LogP contribution in [0.25, 0.3) is 0 Å². The highest BCUT2D eigenvalue weighted by atomic mass is 32.2. The Morgan fingerprint density at radius 3 is 2.67 bits per heavy atom. The molecule has 1 unspecified atom stereocenters. The second-order valence-corrected chi connectivity index (χ2v) is 5.00. The maximum Gasteiger partial charge on any atom is 0.118 e. The molecule has 3 nitrogen and oxygen atoms in total. The quantitative estimate of drug-likeness (QED) is 0.869. The van der Waals surface area contributed by atoms with Crippen molar-refractivity contribution in [3.8, 4) is 5.75 Å². The Morgan fingerprint density at radius 1 is 1.28 bits per heavy atom. The molecule has 2 N–H and O–H groups in total. The zero-order chi connectivity index (χ0) is 12.8. The lowest BCUT2D eigenvalue weighted by molar-refractivity contribution is 0.414. The van der Waals surface area contributed by atoms with Crippen LogP contribution in [0.2, 0.25) is 0 Å². The van der Waals surface area contributed by atoms with E-state index in [1.165, 1.54) is 0 Å². The predicted octanol–water partition coefficient (Wildman–Crippen LogP) is 3.22. The minimum atomic E-state index is 0.0378. The van der Waals surface area contributed by atoms with Crippen LogP contribution in [-0.4, -0.2) is 12.9 Å². The molecule has 1 aromatic carbocycles. The van der Waals surface area contributed by atoms with Gasteiger partial charge in [0.1, 0.15) is 11.5 Å². The zero-order valence-corrected chi connectivity index (χ0v) is 11.2. The number of hydrogen-bond acceptors (Lipinski definition) is 4. The van der Waals surface area contributed by atoms with Gasteiger partial charge in [-0.1, -0.05) is 12.1 Å². The molecular weight excluding hydrogens is 246 g/mol. The van der Waals surface area contributed by atoms with Crippen LogP contribution < -0.4 is 10.5 Å². The Balaban J connectivity index is 1.81. The first-order chi connectivity index (χ1) is 8.79. The first-order valence-electron chi connectivity index (χ1n) is 5.79. The third-order valence-electron chi connectivity index (χ3n) is 2.67. The van der Waals surface area contributed by atoms with E-state index in [2.05, 4.69) is 0 Å². The highest BCUT2D eigenvalue weighted by Crippen LogP contribution is 2.21. The molecular formula is C14H17NO2S. The van der Waals surface area contributed by atoms with Gasteiger partial charge in [0, 0.05) is 11.8 Å². The number of hydrogen-bond donors (Lipinski definition) is 1. The van der Waals surface area contributed by atoms with E-state index in [4.69, 9.17) is 14.9 Å². The van der Waals surface area contributed by atoms with Crippen LogP contribution in [0, 0.1) is 0 Å². The van der Waals surface area contributed by atoms with E-state index >= 15 is 0 Å². The molecule has 0 saturated carbocycles. The fraction of sp³-hybridized carbons (Fsp3) is 0.286. The average molecular weight is 263 g/mol. The van der Waals surface area contributed by atoms with Gasteiger partial charge in [0.15, 0.2) is 0 Å². The SMILES string of the molecule is COc1ccc(C(N)CSCc2ccco2)cc1. The lowest BCUT2D eigenvalue weighted by Crippen LogP contribution is -2.12. The van der Waals surface area contributed by atoms with E-state index in [1.54, 1.807) is 25.1 Å². The Hall–Kier alpha value is -1.39. The highest BCUT2D eigenvalue weighted by Gasteiger charge is 2.07. The van der Waals surface area contributed by atoms with Crippen LogP contribution in [0.4, 0.5) is 0 Å². The van der Waals surface area contributed by atoms with Crippen molar-refractivity contribution in [1.29, 1.82) is 0 Å². The average Bonchev–Trinajstić information content (AvgIpc) is 2.92. The summed E-state index contributed by atoms with van der Waals surface area (Å²) in [6, 6.07) is 11.8. The van der Waals surface area contributed by atoms with E-state index < -0.39 is 0 Å². The van der Waals surface area contributed by atoms with Gasteiger partial charge < -0.3 is 14.9 Å². The minimum absolute atomic E-state index is 0.0378. The second-order valence-electron chi connectivity index (χ2n) is 3.97. The molecule has 1 heterocycles. The maximum absolute atomic E-state index is 6.13. The Bertz CT molecular complexity index is 453. The van der Waals surface area contributed by atoms with Crippen molar-refractivity contribution in [1.82, 2.24) is 0 Å². The lowest BCUT2D eigenvalue weighted by Gasteiger charge is -2.11. The summed E-state index contributed by atoms with van der Waals surface area (Å²) in [6.45, 7) is 0. The van der Waals surface area contributed by atoms with E-state index in [0.717, 1.165) is 28.6 Å². The number of nitrogens with two attached hydrogens (primary N) is 1. The van der Waals surface area contributed by atoms with Crippen molar-refractivity contribution in [3.05, 3.63) is 54.0 Å². The Kier molecular flexibility index (Phi) is 4.73. The summed E-state index contributed by atoms with van der Waals surface area (Å²) in [7, 11) is 1.66. The molecule has 1 aromatic heterocycles. The summed E-state index contributed by atoms with van der Waals surface area (Å²) >= 11 is 1.77. The van der Waals surface area contributed by atoms with Gasteiger partial charge in [0.25, 0.3) is 0 Å². The molecule has 0 spiro atoms. The summed E-state index contributed by atoms with van der Waals surface area (Å²) in [5.74, 6) is 3.57. The first kappa shape index (κ1) is 13.1. The maximum atomic E-state index is 6.13. The molecule has 4 heteroatoms. The molecule has 0 radical (unpaired) electrons. The number of thioether (sulfide) groups is 1. The van der Waals surface area contributed by atoms with Crippen molar-refractivity contribution in [2.24, 2.45) is 5.73 Å². The van der Waals surface area contributed by atoms with Crippen LogP contribution in [0.1, 0.15) is 17.4 Å². The van der Waals surface area contributed by atoms with E-state index in [1.807, 2.05) is 36.4 Å². The van der Waals surface area contributed by atoms with Gasteiger partial charge in [-0.3, -0.25) is 0 Å². The second kappa shape index (κ2) is 6.52. The normalized spacial score (nSPS) is 12.3. The van der Waals surface area contributed by atoms with Gasteiger partial charge in [-0.15, -0.1) is 0 Å². The number of furan rings is 1. The predicted molar refractivity (Wildman–Crippen MR) is 74.8 cm³/mol. The molecule has 0 amide bonds. The van der Waals surface area contributed by atoms with Gasteiger partial charge in [0.2, 0.25) is 0 Å². The van der Waals surface area contributed by atoms with E-state index in [0.29, 0.717) is 0 Å². The van der Waals surface area contributed by atoms with Crippen molar-refractivity contribution in [2.45, 2.75) is 11.8 Å². The molecule has 18 heavy (non-hydrogen) atoms. The van der Waals surface area contributed by atoms with Gasteiger partial charge >= 0.3 is 0 Å². The summed E-state index contributed by atoms with van der Waals surface area (Å²) in [6.07, 6.45) is 1.69. The molecule has 1 atom stereocenters. The molecule has 2 rings (SSSR count). The van der Waals surface area contributed by atoms with Crippen LogP contribution >= 0.6 is 11.8 Å². The van der Waals surface area contributed by atoms with Gasteiger partial charge in [-0.05, 0) is 29.8 Å². The summed E-state index contributed by atoms with van der Waals surface area (Å²) in [5.41, 5.74) is 7.26. The molecule has 0 fully saturated rings. The molecule has 0 bridgehead atoms. The minimum Gasteiger partial charge on any atom is -0.497 e. The van der Waals surface area contributed by atoms with Crippen molar-refractivity contribution < 1.29 is 9.15 Å². The van der Waals surface area contributed by atoms with Crippen LogP contribution in [0.3, 0.4) is 0 Å². The van der Waals surface area contributed by atoms with E-state index in [-0.39, 0.29) is 6.04 Å². The molecule has 0 saturated heterocycles. The fourth-order valence-corrected chi connectivity index (χ4v) is 2.56. The Morgan fingerprint density at radius 2 is 2.06 bits per heavy atom. The number of ether oxygens (including phenoxy) is 1. The lowest BCUT2D eigenvalue weighted by atomic mass is 10.1.